The zero-order chi connectivity index (χ0) is 13.1. The summed E-state index contributed by atoms with van der Waals surface area (Å²) in [5.74, 6) is -0.263. The molecule has 0 atom stereocenters. The lowest BCUT2D eigenvalue weighted by Gasteiger charge is -2.06. The molecule has 4 heteroatoms. The van der Waals surface area contributed by atoms with E-state index in [-0.39, 0.29) is 5.75 Å². The number of benzene rings is 2. The standard InChI is InChI=1S/C14H10ClFO2/c1-18-14-5-3-10(7-13(14)16)9-2-4-12(15)11(6-9)8-17/h2-8H,1H3. The van der Waals surface area contributed by atoms with E-state index in [0.717, 1.165) is 5.56 Å². The first-order valence-corrected chi connectivity index (χ1v) is 5.62. The summed E-state index contributed by atoms with van der Waals surface area (Å²) in [4.78, 5) is 10.8. The Morgan fingerprint density at radius 3 is 2.44 bits per heavy atom. The quantitative estimate of drug-likeness (QED) is 0.784. The van der Waals surface area contributed by atoms with Gasteiger partial charge >= 0.3 is 0 Å². The van der Waals surface area contributed by atoms with Crippen LogP contribution in [0.1, 0.15) is 10.4 Å². The van der Waals surface area contributed by atoms with E-state index in [1.54, 1.807) is 30.3 Å². The molecule has 0 bridgehead atoms. The summed E-state index contributed by atoms with van der Waals surface area (Å²) < 4.78 is 18.4. The highest BCUT2D eigenvalue weighted by Crippen LogP contribution is 2.27. The molecule has 2 nitrogen and oxygen atoms in total. The Hall–Kier alpha value is -1.87. The molecule has 18 heavy (non-hydrogen) atoms. The predicted molar refractivity (Wildman–Crippen MR) is 68.8 cm³/mol. The number of methoxy groups -OCH3 is 1. The van der Waals surface area contributed by atoms with Crippen LogP contribution in [-0.2, 0) is 0 Å². The van der Waals surface area contributed by atoms with Crippen LogP contribution in [0.15, 0.2) is 36.4 Å². The molecule has 0 spiro atoms. The van der Waals surface area contributed by atoms with E-state index >= 15 is 0 Å². The van der Waals surface area contributed by atoms with Gasteiger partial charge in [0.25, 0.3) is 0 Å². The molecule has 0 N–H and O–H groups in total. The lowest BCUT2D eigenvalue weighted by atomic mass is 10.0. The number of aldehydes is 1. The average molecular weight is 265 g/mol. The highest BCUT2D eigenvalue weighted by atomic mass is 35.5. The smallest absolute Gasteiger partial charge is 0.165 e. The maximum Gasteiger partial charge on any atom is 0.165 e. The SMILES string of the molecule is COc1ccc(-c2ccc(Cl)c(C=O)c2)cc1F. The second kappa shape index (κ2) is 5.19. The van der Waals surface area contributed by atoms with Crippen molar-refractivity contribution in [2.45, 2.75) is 0 Å². The van der Waals surface area contributed by atoms with Gasteiger partial charge in [0.15, 0.2) is 17.9 Å². The van der Waals surface area contributed by atoms with E-state index in [2.05, 4.69) is 0 Å². The van der Waals surface area contributed by atoms with Crippen molar-refractivity contribution in [1.29, 1.82) is 0 Å². The summed E-state index contributed by atoms with van der Waals surface area (Å²) in [6.07, 6.45) is 0.672. The lowest BCUT2D eigenvalue weighted by molar-refractivity contribution is 0.112. The monoisotopic (exact) mass is 264 g/mol. The summed E-state index contributed by atoms with van der Waals surface area (Å²) in [7, 11) is 1.41. The molecule has 0 amide bonds. The molecule has 0 saturated carbocycles. The molecule has 0 aliphatic carbocycles. The van der Waals surface area contributed by atoms with Crippen LogP contribution in [0.2, 0.25) is 5.02 Å². The zero-order valence-corrected chi connectivity index (χ0v) is 10.4. The third-order valence-corrected chi connectivity index (χ3v) is 2.95. The van der Waals surface area contributed by atoms with Gasteiger partial charge in [-0.1, -0.05) is 23.7 Å². The Morgan fingerprint density at radius 1 is 1.17 bits per heavy atom. The molecule has 2 rings (SSSR count). The number of hydrogen-bond donors (Lipinski definition) is 0. The Labute approximate surface area is 109 Å². The molecule has 0 aliphatic heterocycles. The van der Waals surface area contributed by atoms with Crippen molar-refractivity contribution in [3.63, 3.8) is 0 Å². The van der Waals surface area contributed by atoms with Crippen molar-refractivity contribution in [2.24, 2.45) is 0 Å². The Kier molecular flexibility index (Phi) is 3.63. The van der Waals surface area contributed by atoms with Crippen LogP contribution in [0.5, 0.6) is 5.75 Å². The van der Waals surface area contributed by atoms with E-state index in [4.69, 9.17) is 16.3 Å². The third kappa shape index (κ3) is 2.36. The molecule has 0 aromatic heterocycles. The molecule has 0 radical (unpaired) electrons. The molecule has 0 saturated heterocycles. The molecule has 0 fully saturated rings. The molecular weight excluding hydrogens is 255 g/mol. The summed E-state index contributed by atoms with van der Waals surface area (Å²) >= 11 is 5.84. The van der Waals surface area contributed by atoms with Crippen LogP contribution in [0.4, 0.5) is 4.39 Å². The molecule has 0 heterocycles. The highest BCUT2D eigenvalue weighted by Gasteiger charge is 2.07. The number of carbonyl (C=O) groups excluding carboxylic acids is 1. The first-order valence-electron chi connectivity index (χ1n) is 5.24. The molecule has 0 unspecified atom stereocenters. The third-order valence-electron chi connectivity index (χ3n) is 2.61. The predicted octanol–water partition coefficient (Wildman–Crippen LogP) is 3.97. The molecule has 2 aromatic rings. The fraction of sp³-hybridized carbons (Fsp3) is 0.0714. The molecule has 92 valence electrons. The lowest BCUT2D eigenvalue weighted by Crippen LogP contribution is -1.89. The van der Waals surface area contributed by atoms with Gasteiger partial charge in [-0.3, -0.25) is 4.79 Å². The van der Waals surface area contributed by atoms with Crippen LogP contribution in [-0.4, -0.2) is 13.4 Å². The summed E-state index contributed by atoms with van der Waals surface area (Å²) in [5, 5.41) is 0.378. The first-order chi connectivity index (χ1) is 8.65. The van der Waals surface area contributed by atoms with Crippen LogP contribution < -0.4 is 4.74 Å². The van der Waals surface area contributed by atoms with Gasteiger partial charge in [-0.2, -0.15) is 0 Å². The highest BCUT2D eigenvalue weighted by molar-refractivity contribution is 6.33. The minimum absolute atomic E-state index is 0.184. The Balaban J connectivity index is 2.48. The number of hydrogen-bond acceptors (Lipinski definition) is 2. The second-order valence-electron chi connectivity index (χ2n) is 3.70. The molecular formula is C14H10ClFO2. The Morgan fingerprint density at radius 2 is 1.83 bits per heavy atom. The molecule has 2 aromatic carbocycles. The summed E-state index contributed by atoms with van der Waals surface area (Å²) in [6.45, 7) is 0. The fourth-order valence-corrected chi connectivity index (χ4v) is 1.82. The van der Waals surface area contributed by atoms with E-state index < -0.39 is 5.82 Å². The van der Waals surface area contributed by atoms with Crippen molar-refractivity contribution >= 4 is 17.9 Å². The van der Waals surface area contributed by atoms with Crippen molar-refractivity contribution in [1.82, 2.24) is 0 Å². The minimum atomic E-state index is -0.447. The van der Waals surface area contributed by atoms with Gasteiger partial charge in [0.1, 0.15) is 0 Å². The van der Waals surface area contributed by atoms with Crippen molar-refractivity contribution in [2.75, 3.05) is 7.11 Å². The maximum atomic E-state index is 13.6. The van der Waals surface area contributed by atoms with Crippen LogP contribution in [0.3, 0.4) is 0 Å². The van der Waals surface area contributed by atoms with Gasteiger partial charge in [0, 0.05) is 5.56 Å². The van der Waals surface area contributed by atoms with Gasteiger partial charge in [0.2, 0.25) is 0 Å². The van der Waals surface area contributed by atoms with Gasteiger partial charge in [0.05, 0.1) is 12.1 Å². The summed E-state index contributed by atoms with van der Waals surface area (Å²) in [5.41, 5.74) is 1.77. The zero-order valence-electron chi connectivity index (χ0n) is 9.61. The second-order valence-corrected chi connectivity index (χ2v) is 4.11. The van der Waals surface area contributed by atoms with Gasteiger partial charge in [-0.15, -0.1) is 0 Å². The van der Waals surface area contributed by atoms with E-state index in [1.165, 1.54) is 13.2 Å². The topological polar surface area (TPSA) is 26.3 Å². The van der Waals surface area contributed by atoms with Crippen LogP contribution in [0, 0.1) is 5.82 Å². The number of halogens is 2. The first kappa shape index (κ1) is 12.6. The van der Waals surface area contributed by atoms with Crippen molar-refractivity contribution in [3.05, 3.63) is 52.8 Å². The van der Waals surface area contributed by atoms with Crippen molar-refractivity contribution in [3.8, 4) is 16.9 Å². The fourth-order valence-electron chi connectivity index (χ4n) is 1.66. The van der Waals surface area contributed by atoms with Gasteiger partial charge < -0.3 is 4.74 Å². The maximum absolute atomic E-state index is 13.6. The molecule has 0 aliphatic rings. The van der Waals surface area contributed by atoms with E-state index in [9.17, 15) is 9.18 Å². The van der Waals surface area contributed by atoms with Crippen LogP contribution in [0.25, 0.3) is 11.1 Å². The van der Waals surface area contributed by atoms with Gasteiger partial charge in [-0.25, -0.2) is 4.39 Å². The number of carbonyl (C=O) groups is 1. The summed E-state index contributed by atoms with van der Waals surface area (Å²) in [6, 6.07) is 9.59. The average Bonchev–Trinajstić information content (AvgIpc) is 2.39. The normalized spacial score (nSPS) is 10.2. The minimum Gasteiger partial charge on any atom is -0.494 e. The number of rotatable bonds is 3. The van der Waals surface area contributed by atoms with Gasteiger partial charge in [-0.05, 0) is 35.4 Å². The van der Waals surface area contributed by atoms with E-state index in [0.29, 0.717) is 22.4 Å². The number of ether oxygens (including phenoxy) is 1. The van der Waals surface area contributed by atoms with E-state index in [1.807, 2.05) is 0 Å². The Bertz CT molecular complexity index is 596. The van der Waals surface area contributed by atoms with Crippen molar-refractivity contribution < 1.29 is 13.9 Å². The largest absolute Gasteiger partial charge is 0.494 e. The van der Waals surface area contributed by atoms with Crippen LogP contribution >= 0.6 is 11.6 Å².